The number of hydrogen-bond acceptors (Lipinski definition) is 16. The Bertz CT molecular complexity index is 3050. The van der Waals surface area contributed by atoms with Gasteiger partial charge in [0.05, 0.1) is 33.5 Å². The van der Waals surface area contributed by atoms with Gasteiger partial charge < -0.3 is 74.5 Å². The number of nitrogens with one attached hydrogen (secondary N) is 3. The van der Waals surface area contributed by atoms with Crippen LogP contribution in [0.25, 0.3) is 0 Å². The van der Waals surface area contributed by atoms with Gasteiger partial charge in [-0.3, -0.25) is 52.7 Å². The van der Waals surface area contributed by atoms with Crippen molar-refractivity contribution in [2.24, 2.45) is 41.4 Å². The number of amides is 11. The molecular weight excluding hydrogens is 1340 g/mol. The molecule has 11 amide bonds. The summed E-state index contributed by atoms with van der Waals surface area (Å²) < 4.78 is 16.9. The van der Waals surface area contributed by atoms with Crippen molar-refractivity contribution in [3.05, 3.63) is 48.1 Å². The van der Waals surface area contributed by atoms with Crippen LogP contribution in [0.5, 0.6) is 11.5 Å². The number of hydrogen-bond donors (Lipinski definition) is 4. The maximum Gasteiger partial charge on any atom is 0.256 e. The van der Waals surface area contributed by atoms with Gasteiger partial charge in [0.25, 0.3) is 5.91 Å². The molecule has 0 aromatic heterocycles. The van der Waals surface area contributed by atoms with E-state index in [0.29, 0.717) is 11.5 Å². The molecule has 0 bridgehead atoms. The van der Waals surface area contributed by atoms with Crippen LogP contribution in [-0.4, -0.2) is 264 Å². The molecule has 4 N–H and O–H groups in total. The van der Waals surface area contributed by atoms with Crippen LogP contribution in [0, 0.1) is 41.4 Å². The zero-order chi connectivity index (χ0) is 78.9. The molecule has 1 aromatic carbocycles. The highest BCUT2D eigenvalue weighted by Crippen LogP contribution is 2.30. The molecule has 1 fully saturated rings. The number of carbonyl (C=O) groups excluding carboxylic acids is 11. The molecule has 1 aliphatic rings. The lowest BCUT2D eigenvalue weighted by molar-refractivity contribution is -0.157. The van der Waals surface area contributed by atoms with Gasteiger partial charge in [-0.2, -0.15) is 0 Å². The number of allylic oxidation sites excluding steroid dienone is 2. The van der Waals surface area contributed by atoms with Crippen LogP contribution in [0.3, 0.4) is 0 Å². The maximum atomic E-state index is 15.9. The van der Waals surface area contributed by atoms with E-state index in [2.05, 4.69) is 16.0 Å². The van der Waals surface area contributed by atoms with Crippen LogP contribution < -0.4 is 25.4 Å². The highest BCUT2D eigenvalue weighted by molar-refractivity contribution is 7.99. The lowest BCUT2D eigenvalue weighted by Gasteiger charge is -2.42. The molecular formula is C76H129N11O15S. The minimum absolute atomic E-state index is 0.0179. The fraction of sp³-hybridized carbons (Fsp3) is 0.724. The average Bonchev–Trinajstić information content (AvgIpc) is 0.806. The molecule has 0 radical (unpaired) electrons. The summed E-state index contributed by atoms with van der Waals surface area (Å²) in [6, 6.07) is -7.52. The molecule has 0 saturated carbocycles. The third-order valence-corrected chi connectivity index (χ3v) is 20.0. The normalized spacial score (nSPS) is 25.1. The molecule has 1 saturated heterocycles. The first-order valence-electron chi connectivity index (χ1n) is 36.4. The molecule has 2 rings (SSSR count). The molecule has 103 heavy (non-hydrogen) atoms. The average molecular weight is 1470 g/mol. The summed E-state index contributed by atoms with van der Waals surface area (Å²) >= 11 is 1.01. The zero-order valence-electron chi connectivity index (χ0n) is 67.0. The lowest BCUT2D eigenvalue weighted by Crippen LogP contribution is -2.64. The Morgan fingerprint density at radius 1 is 0.495 bits per heavy atom. The van der Waals surface area contributed by atoms with Gasteiger partial charge in [-0.25, -0.2) is 0 Å². The van der Waals surface area contributed by atoms with Crippen LogP contribution in [0.4, 0.5) is 0 Å². The number of ether oxygens (including phenoxy) is 3. The van der Waals surface area contributed by atoms with Gasteiger partial charge in [0.1, 0.15) is 60.4 Å². The molecule has 0 aliphatic carbocycles. The summed E-state index contributed by atoms with van der Waals surface area (Å²) in [5, 5.41) is 19.3. The Morgan fingerprint density at radius 2 is 0.951 bits per heavy atom. The van der Waals surface area contributed by atoms with Crippen molar-refractivity contribution in [1.82, 2.24) is 55.1 Å². The molecule has 1 aliphatic heterocycles. The SMILES string of the molecule is C/C=C/C[C@@H](C)[C@@H](O)[C@H]1C(=O)N[C@@H](CC)C(=O)N(C)C(SC)C(=O)N(C)[C@@H](CC(C)C)C(=O)N(C/C=C/COCc2ccc(OC)c(OC)c2)[C@@H](C(C)C)C(=O)N(C)[C@@H](CC(C)C)C(=O)N[C@@H](C)C(=O)N[C@H](C)C(=O)N(C)[C@@H](CC(C)C)C(=O)N(C)[C@@H](CC(C)C)C(=O)N(C)[C@@H](C(C)C)C(=O)N1C. The minimum atomic E-state index is -1.65. The Morgan fingerprint density at radius 3 is 1.44 bits per heavy atom. The van der Waals surface area contributed by atoms with E-state index in [1.54, 1.807) is 85.1 Å². The van der Waals surface area contributed by atoms with Crippen molar-refractivity contribution in [3.8, 4) is 11.5 Å². The topological polar surface area (TPSA) is 298 Å². The van der Waals surface area contributed by atoms with Gasteiger partial charge >= 0.3 is 0 Å². The van der Waals surface area contributed by atoms with Crippen molar-refractivity contribution in [2.75, 3.05) is 83.0 Å². The molecule has 584 valence electrons. The van der Waals surface area contributed by atoms with E-state index in [0.717, 1.165) is 22.2 Å². The predicted octanol–water partition coefficient (Wildman–Crippen LogP) is 6.46. The number of likely N-dealkylation sites (N-methyl/N-ethyl adjacent to an activating group) is 7. The van der Waals surface area contributed by atoms with Crippen molar-refractivity contribution >= 4 is 76.7 Å². The van der Waals surface area contributed by atoms with Crippen LogP contribution in [0.15, 0.2) is 42.5 Å². The van der Waals surface area contributed by atoms with Crippen LogP contribution >= 0.6 is 11.8 Å². The monoisotopic (exact) mass is 1470 g/mol. The molecule has 13 atom stereocenters. The van der Waals surface area contributed by atoms with Gasteiger partial charge in [-0.1, -0.05) is 127 Å². The third kappa shape index (κ3) is 25.5. The first-order chi connectivity index (χ1) is 48.0. The Labute approximate surface area is 619 Å². The molecule has 1 heterocycles. The molecule has 1 aromatic rings. The molecule has 1 unspecified atom stereocenters. The number of aliphatic hydroxyl groups is 1. The summed E-state index contributed by atoms with van der Waals surface area (Å²) in [6.45, 7) is 30.1. The first kappa shape index (κ1) is 91.8. The number of nitrogens with zero attached hydrogens (tertiary/aromatic N) is 8. The van der Waals surface area contributed by atoms with Gasteiger partial charge in [0, 0.05) is 55.9 Å². The number of methoxy groups -OCH3 is 2. The standard InChI is InChI=1S/C76H129N11O15S/c1-28-30-33-50(15)64(88)63-67(91)79-54(29-2)69(93)86(24)76(103-27)75(99)83(21)58(41-47(9)10)72(96)87(36-31-32-37-102-43-53-34-35-59(100-25)60(42-53)101-26)62(49(13)14)74(98)80(18)55(38-44(3)4)66(90)77-51(16)65(89)78-52(17)68(92)81(19)56(39-45(5)6)70(94)82(20)57(40-46(7)8)71(95)84(22)61(48(11)12)73(97)85(63)23/h28,30-32,34-35,42,44-52,54-58,61-64,76,88H,29,33,36-41,43H2,1-27H3,(H,77,90)(H,78,89)(H,79,91)/b30-28+,32-31+/t50-,51+,52-,54+,55+,56+,57+,58+,61+,62+,63+,64-,76?/m1/s1. The number of rotatable bonds is 24. The highest BCUT2D eigenvalue weighted by Gasteiger charge is 2.47. The van der Waals surface area contributed by atoms with Crippen LogP contribution in [-0.2, 0) is 64.1 Å². The van der Waals surface area contributed by atoms with E-state index >= 15 is 38.4 Å². The minimum Gasteiger partial charge on any atom is -0.493 e. The fourth-order valence-corrected chi connectivity index (χ4v) is 13.7. The Kier molecular flexibility index (Phi) is 38.6. The summed E-state index contributed by atoms with van der Waals surface area (Å²) in [4.78, 5) is 177. The van der Waals surface area contributed by atoms with Gasteiger partial charge in [-0.05, 0) is 125 Å². The van der Waals surface area contributed by atoms with E-state index in [9.17, 15) is 19.5 Å². The molecule has 0 spiro atoms. The fourth-order valence-electron chi connectivity index (χ4n) is 13.0. The van der Waals surface area contributed by atoms with Crippen LogP contribution in [0.1, 0.15) is 162 Å². The second kappa shape index (κ2) is 43.2. The zero-order valence-corrected chi connectivity index (χ0v) is 67.8. The number of carbonyl (C=O) groups is 11. The lowest BCUT2D eigenvalue weighted by atomic mass is 9.91. The number of aliphatic hydroxyl groups excluding tert-OH is 1. The third-order valence-electron chi connectivity index (χ3n) is 19.1. The van der Waals surface area contributed by atoms with Crippen molar-refractivity contribution in [3.63, 3.8) is 0 Å². The maximum absolute atomic E-state index is 15.9. The van der Waals surface area contributed by atoms with E-state index < -0.39 is 155 Å². The van der Waals surface area contributed by atoms with Gasteiger partial charge in [0.15, 0.2) is 16.9 Å². The van der Waals surface area contributed by atoms with Crippen LogP contribution in [0.2, 0.25) is 0 Å². The van der Waals surface area contributed by atoms with E-state index in [1.165, 1.54) is 112 Å². The predicted molar refractivity (Wildman–Crippen MR) is 403 cm³/mol. The number of benzene rings is 1. The summed E-state index contributed by atoms with van der Waals surface area (Å²) in [5.74, 6) is -9.15. The first-order valence-corrected chi connectivity index (χ1v) is 37.7. The van der Waals surface area contributed by atoms with Gasteiger partial charge in [-0.15, -0.1) is 11.8 Å². The quantitative estimate of drug-likeness (QED) is 0.0638. The van der Waals surface area contributed by atoms with Crippen molar-refractivity contribution < 1.29 is 72.1 Å². The second-order valence-electron chi connectivity index (χ2n) is 30.0. The molecule has 26 nitrogen and oxygen atoms in total. The smallest absolute Gasteiger partial charge is 0.256 e. The summed E-state index contributed by atoms with van der Waals surface area (Å²) in [5.41, 5.74) is 0.794. The van der Waals surface area contributed by atoms with E-state index in [-0.39, 0.29) is 82.0 Å². The summed E-state index contributed by atoms with van der Waals surface area (Å²) in [7, 11) is 13.1. The Balaban J connectivity index is 3.16. The van der Waals surface area contributed by atoms with E-state index in [4.69, 9.17) is 14.2 Å². The van der Waals surface area contributed by atoms with Crippen molar-refractivity contribution in [2.45, 2.75) is 235 Å². The Hall–Kier alpha value is -7.26. The van der Waals surface area contributed by atoms with Gasteiger partial charge in [0.2, 0.25) is 59.1 Å². The molecule has 27 heteroatoms. The number of thioether (sulfide) groups is 1. The highest BCUT2D eigenvalue weighted by atomic mass is 32.2. The second-order valence-corrected chi connectivity index (χ2v) is 30.9. The largest absolute Gasteiger partial charge is 0.493 e. The van der Waals surface area contributed by atoms with E-state index in [1.807, 2.05) is 67.5 Å². The van der Waals surface area contributed by atoms with Crippen molar-refractivity contribution in [1.29, 1.82) is 0 Å². The summed E-state index contributed by atoms with van der Waals surface area (Å²) in [6.07, 6.45) is 7.81.